The maximum Gasteiger partial charge on any atom is 0.192 e. The summed E-state index contributed by atoms with van der Waals surface area (Å²) in [6.07, 6.45) is 0. The molecule has 1 saturated heterocycles. The highest BCUT2D eigenvalue weighted by Gasteiger charge is 2.26. The Hall–Kier alpha value is -1.85. The Labute approximate surface area is 141 Å². The third kappa shape index (κ3) is 2.75. The van der Waals surface area contributed by atoms with Crippen molar-refractivity contribution >= 4 is 22.9 Å². The molecule has 0 aliphatic carbocycles. The van der Waals surface area contributed by atoms with Crippen molar-refractivity contribution in [3.63, 3.8) is 0 Å². The summed E-state index contributed by atoms with van der Waals surface area (Å²) in [7, 11) is 2.17. The molecule has 2 aromatic rings. The van der Waals surface area contributed by atoms with Crippen LogP contribution in [-0.4, -0.2) is 48.9 Å². The van der Waals surface area contributed by atoms with Crippen LogP contribution in [0, 0.1) is 13.8 Å². The molecule has 4 rings (SSSR count). The topological polar surface area (TPSA) is 28.1 Å². The lowest BCUT2D eigenvalue weighted by Gasteiger charge is -2.34. The maximum absolute atomic E-state index is 6.21. The number of nitrogens with zero attached hydrogens (tertiary/aromatic N) is 3. The van der Waals surface area contributed by atoms with Crippen LogP contribution in [0.15, 0.2) is 29.3 Å². The second-order valence-electron chi connectivity index (χ2n) is 6.36. The van der Waals surface area contributed by atoms with Gasteiger partial charge in [-0.25, -0.2) is 4.99 Å². The number of fused-ring (bicyclic) bond motifs is 2. The van der Waals surface area contributed by atoms with Crippen LogP contribution in [0.2, 0.25) is 0 Å². The summed E-state index contributed by atoms with van der Waals surface area (Å²) in [5.41, 5.74) is 3.24. The number of aryl methyl sites for hydroxylation is 2. The molecule has 5 heteroatoms. The van der Waals surface area contributed by atoms with Crippen LogP contribution < -0.4 is 4.74 Å². The smallest absolute Gasteiger partial charge is 0.192 e. The fraction of sp³-hybridized carbons (Fsp3) is 0.389. The molecule has 2 aliphatic heterocycles. The highest BCUT2D eigenvalue weighted by molar-refractivity contribution is 7.14. The van der Waals surface area contributed by atoms with Gasteiger partial charge >= 0.3 is 0 Å². The Morgan fingerprint density at radius 2 is 1.87 bits per heavy atom. The average molecular weight is 327 g/mol. The van der Waals surface area contributed by atoms with Crippen LogP contribution in [0.4, 0.5) is 5.69 Å². The highest BCUT2D eigenvalue weighted by Crippen LogP contribution is 2.42. The molecular formula is C18H21N3OS. The van der Waals surface area contributed by atoms with Gasteiger partial charge in [-0.1, -0.05) is 6.07 Å². The van der Waals surface area contributed by atoms with Crippen molar-refractivity contribution in [2.75, 3.05) is 33.2 Å². The minimum absolute atomic E-state index is 0.859. The van der Waals surface area contributed by atoms with E-state index >= 15 is 0 Å². The molecular weight excluding hydrogens is 306 g/mol. The zero-order valence-corrected chi connectivity index (χ0v) is 14.6. The first-order valence-corrected chi connectivity index (χ1v) is 8.83. The van der Waals surface area contributed by atoms with Gasteiger partial charge in [0, 0.05) is 31.1 Å². The molecule has 0 spiro atoms. The second kappa shape index (κ2) is 5.65. The van der Waals surface area contributed by atoms with Gasteiger partial charge in [0.05, 0.1) is 5.56 Å². The van der Waals surface area contributed by atoms with Gasteiger partial charge in [0.1, 0.15) is 11.5 Å². The van der Waals surface area contributed by atoms with Crippen LogP contribution in [-0.2, 0) is 0 Å². The standard InChI is InChI=1S/C18H21N3OS/c1-12-4-5-15-16(10-12)22-18-14(11-13(2)23-18)17(19-15)21-8-6-20(3)7-9-21/h4-5,10-11H,6-9H2,1-3H3. The molecule has 1 aromatic heterocycles. The normalized spacial score (nSPS) is 17.9. The Kier molecular flexibility index (Phi) is 3.62. The summed E-state index contributed by atoms with van der Waals surface area (Å²) >= 11 is 1.70. The maximum atomic E-state index is 6.21. The van der Waals surface area contributed by atoms with E-state index in [0.717, 1.165) is 54.1 Å². The Morgan fingerprint density at radius 3 is 2.65 bits per heavy atom. The van der Waals surface area contributed by atoms with Crippen molar-refractivity contribution in [3.05, 3.63) is 40.3 Å². The second-order valence-corrected chi connectivity index (χ2v) is 7.58. The van der Waals surface area contributed by atoms with E-state index < -0.39 is 0 Å². The molecule has 4 nitrogen and oxygen atoms in total. The summed E-state index contributed by atoms with van der Waals surface area (Å²) in [6.45, 7) is 8.36. The number of aliphatic imine (C=N–C) groups is 1. The van der Waals surface area contributed by atoms with Gasteiger partial charge in [0.2, 0.25) is 0 Å². The van der Waals surface area contributed by atoms with E-state index in [-0.39, 0.29) is 0 Å². The summed E-state index contributed by atoms with van der Waals surface area (Å²) < 4.78 is 6.21. The fourth-order valence-electron chi connectivity index (χ4n) is 3.05. The number of rotatable bonds is 0. The number of piperazine rings is 1. The van der Waals surface area contributed by atoms with Gasteiger partial charge in [-0.2, -0.15) is 0 Å². The molecule has 1 aromatic carbocycles. The number of amidine groups is 1. The number of likely N-dealkylation sites (N-methyl/N-ethyl adjacent to an activating group) is 1. The molecule has 0 saturated carbocycles. The van der Waals surface area contributed by atoms with E-state index in [9.17, 15) is 0 Å². The van der Waals surface area contributed by atoms with Crippen LogP contribution in [0.1, 0.15) is 16.0 Å². The first-order chi connectivity index (χ1) is 11.1. The third-order valence-electron chi connectivity index (χ3n) is 4.41. The fourth-order valence-corrected chi connectivity index (χ4v) is 3.91. The van der Waals surface area contributed by atoms with E-state index in [4.69, 9.17) is 9.73 Å². The summed E-state index contributed by atoms with van der Waals surface area (Å²) in [4.78, 5) is 11.0. The van der Waals surface area contributed by atoms with Gasteiger partial charge in [0.15, 0.2) is 10.8 Å². The summed E-state index contributed by atoms with van der Waals surface area (Å²) in [6, 6.07) is 8.43. The van der Waals surface area contributed by atoms with Gasteiger partial charge in [-0.3, -0.25) is 0 Å². The van der Waals surface area contributed by atoms with Gasteiger partial charge < -0.3 is 14.5 Å². The van der Waals surface area contributed by atoms with Crippen LogP contribution in [0.25, 0.3) is 0 Å². The quantitative estimate of drug-likeness (QED) is 0.737. The lowest BCUT2D eigenvalue weighted by molar-refractivity contribution is 0.216. The molecule has 0 unspecified atom stereocenters. The molecule has 0 N–H and O–H groups in total. The lowest BCUT2D eigenvalue weighted by atomic mass is 10.2. The van der Waals surface area contributed by atoms with Gasteiger partial charge in [0.25, 0.3) is 0 Å². The van der Waals surface area contributed by atoms with Crippen molar-refractivity contribution in [1.82, 2.24) is 9.80 Å². The molecule has 3 heterocycles. The summed E-state index contributed by atoms with van der Waals surface area (Å²) in [5.74, 6) is 1.91. The number of benzene rings is 1. The lowest BCUT2D eigenvalue weighted by Crippen LogP contribution is -2.47. The minimum Gasteiger partial charge on any atom is -0.444 e. The minimum atomic E-state index is 0.859. The van der Waals surface area contributed by atoms with E-state index in [1.165, 1.54) is 10.4 Å². The SMILES string of the molecule is Cc1ccc2c(c1)Oc1sc(C)cc1C(N1CCN(C)CC1)=N2. The first-order valence-electron chi connectivity index (χ1n) is 8.01. The number of ether oxygens (including phenoxy) is 1. The van der Waals surface area contributed by atoms with Crippen LogP contribution >= 0.6 is 11.3 Å². The predicted octanol–water partition coefficient (Wildman–Crippen LogP) is 3.80. The molecule has 0 bridgehead atoms. The Bertz CT molecular complexity index is 773. The van der Waals surface area contributed by atoms with E-state index in [2.05, 4.69) is 55.0 Å². The third-order valence-corrected chi connectivity index (χ3v) is 5.34. The zero-order valence-electron chi connectivity index (χ0n) is 13.8. The first kappa shape index (κ1) is 14.7. The number of hydrogen-bond donors (Lipinski definition) is 0. The van der Waals surface area contributed by atoms with Gasteiger partial charge in [-0.15, -0.1) is 11.3 Å². The molecule has 0 atom stereocenters. The van der Waals surface area contributed by atoms with Crippen molar-refractivity contribution in [3.8, 4) is 10.8 Å². The molecule has 1 fully saturated rings. The molecule has 120 valence electrons. The van der Waals surface area contributed by atoms with E-state index in [1.807, 2.05) is 0 Å². The molecule has 0 radical (unpaired) electrons. The van der Waals surface area contributed by atoms with Crippen molar-refractivity contribution in [2.45, 2.75) is 13.8 Å². The van der Waals surface area contributed by atoms with Crippen LogP contribution in [0.5, 0.6) is 10.8 Å². The van der Waals surface area contributed by atoms with Gasteiger partial charge in [-0.05, 0) is 44.7 Å². The highest BCUT2D eigenvalue weighted by atomic mass is 32.1. The van der Waals surface area contributed by atoms with E-state index in [0.29, 0.717) is 0 Å². The van der Waals surface area contributed by atoms with E-state index in [1.54, 1.807) is 11.3 Å². The predicted molar refractivity (Wildman–Crippen MR) is 95.6 cm³/mol. The largest absolute Gasteiger partial charge is 0.444 e. The number of hydrogen-bond acceptors (Lipinski definition) is 5. The van der Waals surface area contributed by atoms with Crippen molar-refractivity contribution in [2.24, 2.45) is 4.99 Å². The number of thiophene rings is 1. The van der Waals surface area contributed by atoms with Crippen LogP contribution in [0.3, 0.4) is 0 Å². The monoisotopic (exact) mass is 327 g/mol. The summed E-state index contributed by atoms with van der Waals surface area (Å²) in [5, 5.41) is 0.963. The van der Waals surface area contributed by atoms with Crippen molar-refractivity contribution < 1.29 is 4.74 Å². The molecule has 0 amide bonds. The molecule has 23 heavy (non-hydrogen) atoms. The van der Waals surface area contributed by atoms with Crippen molar-refractivity contribution in [1.29, 1.82) is 0 Å². The zero-order chi connectivity index (χ0) is 16.0. The average Bonchev–Trinajstić information content (AvgIpc) is 2.81. The Morgan fingerprint density at radius 1 is 1.09 bits per heavy atom. The Balaban J connectivity index is 1.82. The molecule has 2 aliphatic rings.